The Morgan fingerprint density at radius 1 is 1.53 bits per heavy atom. The zero-order chi connectivity index (χ0) is 12.1. The molecular formula is C11H15Cl2IN2O. The molecule has 0 radical (unpaired) electrons. The lowest BCUT2D eigenvalue weighted by Crippen LogP contribution is -2.33. The number of nitrogens with one attached hydrogen (secondary N) is 1. The van der Waals surface area contributed by atoms with E-state index in [2.05, 4.69) is 27.9 Å². The van der Waals surface area contributed by atoms with Gasteiger partial charge in [0.1, 0.15) is 0 Å². The van der Waals surface area contributed by atoms with Crippen LogP contribution in [0, 0.1) is 3.57 Å². The first-order valence-electron chi connectivity index (χ1n) is 4.91. The molecule has 0 unspecified atom stereocenters. The number of carbonyl (C=O) groups is 1. The van der Waals surface area contributed by atoms with Gasteiger partial charge in [0.2, 0.25) is 0 Å². The van der Waals surface area contributed by atoms with Gasteiger partial charge in [0.05, 0.1) is 5.56 Å². The fourth-order valence-corrected chi connectivity index (χ4v) is 1.99. The summed E-state index contributed by atoms with van der Waals surface area (Å²) in [6.07, 6.45) is 0. The van der Waals surface area contributed by atoms with Crippen LogP contribution >= 0.6 is 46.6 Å². The molecule has 96 valence electrons. The van der Waals surface area contributed by atoms with Crippen molar-refractivity contribution in [3.8, 4) is 0 Å². The lowest BCUT2D eigenvalue weighted by Gasteiger charge is -2.17. The number of hydrogen-bond donors (Lipinski definition) is 1. The Kier molecular flexibility index (Phi) is 8.11. The summed E-state index contributed by atoms with van der Waals surface area (Å²) in [4.78, 5) is 13.7. The van der Waals surface area contributed by atoms with E-state index >= 15 is 0 Å². The molecule has 1 rings (SSSR count). The van der Waals surface area contributed by atoms with E-state index in [-0.39, 0.29) is 18.3 Å². The molecule has 3 nitrogen and oxygen atoms in total. The molecule has 6 heteroatoms. The standard InChI is InChI=1S/C11H14ClIN2O.ClH/c1-14-5-6-15(2)11(16)9-7-8(12)3-4-10(9)13;/h3-4,7,14H,5-6H2,1-2H3;1H. The monoisotopic (exact) mass is 388 g/mol. The van der Waals surface area contributed by atoms with Gasteiger partial charge in [-0.3, -0.25) is 4.79 Å². The van der Waals surface area contributed by atoms with Crippen molar-refractivity contribution in [2.24, 2.45) is 0 Å². The normalized spacial score (nSPS) is 9.65. The molecule has 1 aromatic carbocycles. The molecule has 0 spiro atoms. The number of benzene rings is 1. The molecule has 1 amide bonds. The maximum Gasteiger partial charge on any atom is 0.254 e. The Labute approximate surface area is 126 Å². The van der Waals surface area contributed by atoms with Crippen LogP contribution in [-0.2, 0) is 0 Å². The van der Waals surface area contributed by atoms with Crippen LogP contribution in [0.1, 0.15) is 10.4 Å². The highest BCUT2D eigenvalue weighted by Crippen LogP contribution is 2.19. The minimum absolute atomic E-state index is 0. The van der Waals surface area contributed by atoms with Crippen molar-refractivity contribution in [1.29, 1.82) is 0 Å². The van der Waals surface area contributed by atoms with Crippen molar-refractivity contribution in [3.05, 3.63) is 32.4 Å². The van der Waals surface area contributed by atoms with Crippen molar-refractivity contribution >= 4 is 52.5 Å². The predicted molar refractivity (Wildman–Crippen MR) is 82.3 cm³/mol. The van der Waals surface area contributed by atoms with Crippen LogP contribution in [0.2, 0.25) is 5.02 Å². The second kappa shape index (κ2) is 8.13. The first-order valence-corrected chi connectivity index (χ1v) is 6.37. The van der Waals surface area contributed by atoms with E-state index in [9.17, 15) is 4.79 Å². The quantitative estimate of drug-likeness (QED) is 0.804. The van der Waals surface area contributed by atoms with Crippen molar-refractivity contribution in [1.82, 2.24) is 10.2 Å². The van der Waals surface area contributed by atoms with Gasteiger partial charge in [-0.1, -0.05) is 11.6 Å². The molecule has 0 aromatic heterocycles. The number of hydrogen-bond acceptors (Lipinski definition) is 2. The van der Waals surface area contributed by atoms with E-state index in [0.717, 1.165) is 10.1 Å². The van der Waals surface area contributed by atoms with Crippen LogP contribution in [0.25, 0.3) is 0 Å². The Hall–Kier alpha value is -0.0400. The third-order valence-corrected chi connectivity index (χ3v) is 3.38. The van der Waals surface area contributed by atoms with Gasteiger partial charge in [-0.2, -0.15) is 0 Å². The largest absolute Gasteiger partial charge is 0.340 e. The Morgan fingerprint density at radius 3 is 2.76 bits per heavy atom. The average molecular weight is 389 g/mol. The Balaban J connectivity index is 0.00000256. The summed E-state index contributed by atoms with van der Waals surface area (Å²) in [5.74, 6) is 0.00199. The molecule has 0 heterocycles. The third-order valence-electron chi connectivity index (χ3n) is 2.20. The Morgan fingerprint density at radius 2 is 2.18 bits per heavy atom. The summed E-state index contributed by atoms with van der Waals surface area (Å²) in [6, 6.07) is 5.34. The summed E-state index contributed by atoms with van der Waals surface area (Å²) in [7, 11) is 3.65. The smallest absolute Gasteiger partial charge is 0.254 e. The van der Waals surface area contributed by atoms with E-state index in [1.165, 1.54) is 0 Å². The molecule has 0 aliphatic rings. The zero-order valence-electron chi connectivity index (χ0n) is 9.67. The highest BCUT2D eigenvalue weighted by molar-refractivity contribution is 14.1. The topological polar surface area (TPSA) is 32.3 Å². The fourth-order valence-electron chi connectivity index (χ4n) is 1.25. The molecule has 1 N–H and O–H groups in total. The lowest BCUT2D eigenvalue weighted by atomic mass is 10.2. The second-order valence-corrected chi connectivity index (χ2v) is 5.05. The van der Waals surface area contributed by atoms with E-state index in [0.29, 0.717) is 17.1 Å². The average Bonchev–Trinajstić information content (AvgIpc) is 2.28. The van der Waals surface area contributed by atoms with Gasteiger partial charge in [0, 0.05) is 28.7 Å². The van der Waals surface area contributed by atoms with Crippen molar-refractivity contribution < 1.29 is 4.79 Å². The number of amides is 1. The maximum atomic E-state index is 12.1. The summed E-state index contributed by atoms with van der Waals surface area (Å²) >= 11 is 8.03. The van der Waals surface area contributed by atoms with Crippen LogP contribution in [0.3, 0.4) is 0 Å². The summed E-state index contributed by atoms with van der Waals surface area (Å²) in [6.45, 7) is 1.46. The molecule has 0 bridgehead atoms. The predicted octanol–water partition coefficient (Wildman–Crippen LogP) is 2.66. The van der Waals surface area contributed by atoms with Gasteiger partial charge in [0.25, 0.3) is 5.91 Å². The van der Waals surface area contributed by atoms with E-state index in [1.54, 1.807) is 24.1 Å². The number of carbonyl (C=O) groups excluding carboxylic acids is 1. The molecule has 1 aromatic rings. The molecule has 17 heavy (non-hydrogen) atoms. The van der Waals surface area contributed by atoms with Crippen molar-refractivity contribution in [3.63, 3.8) is 0 Å². The van der Waals surface area contributed by atoms with Gasteiger partial charge in [-0.05, 0) is 47.8 Å². The van der Waals surface area contributed by atoms with E-state index in [1.807, 2.05) is 13.1 Å². The lowest BCUT2D eigenvalue weighted by molar-refractivity contribution is 0.0796. The highest BCUT2D eigenvalue weighted by Gasteiger charge is 2.14. The third kappa shape index (κ3) is 4.99. The van der Waals surface area contributed by atoms with Gasteiger partial charge in [-0.25, -0.2) is 0 Å². The van der Waals surface area contributed by atoms with Gasteiger partial charge < -0.3 is 10.2 Å². The number of nitrogens with zero attached hydrogens (tertiary/aromatic N) is 1. The molecular weight excluding hydrogens is 374 g/mol. The van der Waals surface area contributed by atoms with Crippen LogP contribution in [0.5, 0.6) is 0 Å². The molecule has 0 saturated heterocycles. The van der Waals surface area contributed by atoms with Crippen molar-refractivity contribution in [2.75, 3.05) is 27.2 Å². The minimum atomic E-state index is 0. The molecule has 0 fully saturated rings. The Bertz CT molecular complexity index is 388. The molecule has 0 aliphatic carbocycles. The first kappa shape index (κ1) is 17.0. The minimum Gasteiger partial charge on any atom is -0.340 e. The number of rotatable bonds is 4. The zero-order valence-corrected chi connectivity index (χ0v) is 13.4. The van der Waals surface area contributed by atoms with Crippen LogP contribution in [-0.4, -0.2) is 38.0 Å². The van der Waals surface area contributed by atoms with Crippen LogP contribution in [0.4, 0.5) is 0 Å². The van der Waals surface area contributed by atoms with Gasteiger partial charge in [-0.15, -0.1) is 12.4 Å². The van der Waals surface area contributed by atoms with E-state index < -0.39 is 0 Å². The fraction of sp³-hybridized carbons (Fsp3) is 0.364. The van der Waals surface area contributed by atoms with Crippen LogP contribution < -0.4 is 5.32 Å². The van der Waals surface area contributed by atoms with Crippen molar-refractivity contribution in [2.45, 2.75) is 0 Å². The molecule has 0 saturated carbocycles. The molecule has 0 aliphatic heterocycles. The first-order chi connectivity index (χ1) is 7.56. The SMILES string of the molecule is CNCCN(C)C(=O)c1cc(Cl)ccc1I.Cl. The second-order valence-electron chi connectivity index (χ2n) is 3.45. The number of likely N-dealkylation sites (N-methyl/N-ethyl adjacent to an activating group) is 2. The maximum absolute atomic E-state index is 12.1. The van der Waals surface area contributed by atoms with Gasteiger partial charge in [0.15, 0.2) is 0 Å². The summed E-state index contributed by atoms with van der Waals surface area (Å²) in [5, 5.41) is 3.60. The summed E-state index contributed by atoms with van der Waals surface area (Å²) in [5.41, 5.74) is 0.659. The van der Waals surface area contributed by atoms with Gasteiger partial charge >= 0.3 is 0 Å². The highest BCUT2D eigenvalue weighted by atomic mass is 127. The van der Waals surface area contributed by atoms with Crippen LogP contribution in [0.15, 0.2) is 18.2 Å². The number of halogens is 3. The molecule has 0 atom stereocenters. The van der Waals surface area contributed by atoms with E-state index in [4.69, 9.17) is 11.6 Å². The summed E-state index contributed by atoms with van der Waals surface area (Å²) < 4.78 is 0.920.